The van der Waals surface area contributed by atoms with Crippen LogP contribution in [0.1, 0.15) is 16.8 Å². The van der Waals surface area contributed by atoms with Gasteiger partial charge in [0.15, 0.2) is 11.4 Å². The number of esters is 1. The zero-order valence-electron chi connectivity index (χ0n) is 21.5. The highest BCUT2D eigenvalue weighted by Gasteiger charge is 2.40. The molecule has 9 nitrogen and oxygen atoms in total. The molecule has 0 aliphatic carbocycles. The van der Waals surface area contributed by atoms with Crippen molar-refractivity contribution >= 4 is 11.6 Å². The molecule has 4 heterocycles. The first-order valence-corrected chi connectivity index (χ1v) is 12.1. The van der Waals surface area contributed by atoms with Gasteiger partial charge in [-0.2, -0.15) is 18.3 Å². The summed E-state index contributed by atoms with van der Waals surface area (Å²) < 4.78 is 77.8. The number of nitrogens with zero attached hydrogens (tertiary/aromatic N) is 4. The van der Waals surface area contributed by atoms with Gasteiger partial charge in [0.05, 0.1) is 35.8 Å². The average molecular weight is 568 g/mol. The van der Waals surface area contributed by atoms with E-state index in [9.17, 15) is 26.7 Å². The van der Waals surface area contributed by atoms with Crippen molar-refractivity contribution in [3.05, 3.63) is 71.3 Å². The van der Waals surface area contributed by atoms with Crippen molar-refractivity contribution < 1.29 is 41.3 Å². The fraction of sp³-hybridized carbons (Fsp3) is 0.346. The number of aliphatic hydroxyl groups excluding tert-OH is 1. The summed E-state index contributed by atoms with van der Waals surface area (Å²) in [5.74, 6) is -3.39. The van der Waals surface area contributed by atoms with Crippen molar-refractivity contribution in [2.24, 2.45) is 0 Å². The quantitative estimate of drug-likeness (QED) is 0.259. The van der Waals surface area contributed by atoms with E-state index in [1.54, 1.807) is 29.8 Å². The number of imidazole rings is 1. The summed E-state index contributed by atoms with van der Waals surface area (Å²) in [6.07, 6.45) is -0.229. The fourth-order valence-electron chi connectivity index (χ4n) is 3.83. The molecule has 14 heteroatoms. The monoisotopic (exact) mass is 567 g/mol. The number of rotatable bonds is 7. The number of nitrogens with one attached hydrogen (secondary N) is 1. The summed E-state index contributed by atoms with van der Waals surface area (Å²) in [6.45, 7) is 4.22. The van der Waals surface area contributed by atoms with E-state index < -0.39 is 30.4 Å². The normalized spacial score (nSPS) is 13.5. The van der Waals surface area contributed by atoms with Gasteiger partial charge >= 0.3 is 12.1 Å². The number of ether oxygens (including phenoxy) is 2. The van der Waals surface area contributed by atoms with Crippen LogP contribution >= 0.6 is 0 Å². The number of pyridine rings is 1. The van der Waals surface area contributed by atoms with E-state index >= 15 is 0 Å². The highest BCUT2D eigenvalue weighted by Crippen LogP contribution is 2.31. The number of carbonyl (C=O) groups excluding carboxylic acids is 1. The van der Waals surface area contributed by atoms with Crippen LogP contribution in [0.25, 0.3) is 16.9 Å². The molecule has 1 aromatic carbocycles. The molecular weight excluding hydrogens is 541 g/mol. The third kappa shape index (κ3) is 6.74. The molecule has 0 unspecified atom stereocenters. The number of carbonyl (C=O) groups is 1. The maximum absolute atomic E-state index is 14.0. The number of aromatic nitrogens is 4. The minimum atomic E-state index is -5.06. The Morgan fingerprint density at radius 2 is 1.85 bits per heavy atom. The van der Waals surface area contributed by atoms with E-state index in [1.807, 2.05) is 6.92 Å². The molecule has 1 aliphatic heterocycles. The summed E-state index contributed by atoms with van der Waals surface area (Å²) in [7, 11) is 0. The molecule has 1 saturated heterocycles. The van der Waals surface area contributed by atoms with Crippen molar-refractivity contribution in [3.8, 4) is 17.0 Å². The molecule has 0 amide bonds. The second kappa shape index (κ2) is 12.0. The summed E-state index contributed by atoms with van der Waals surface area (Å²) in [4.78, 5) is 15.4. The predicted molar refractivity (Wildman–Crippen MR) is 132 cm³/mol. The van der Waals surface area contributed by atoms with Gasteiger partial charge in [-0.25, -0.2) is 18.6 Å². The van der Waals surface area contributed by atoms with Gasteiger partial charge in [0.1, 0.15) is 24.8 Å². The summed E-state index contributed by atoms with van der Waals surface area (Å²) in [5, 5.41) is 15.4. The van der Waals surface area contributed by atoms with Gasteiger partial charge < -0.3 is 19.9 Å². The van der Waals surface area contributed by atoms with Crippen molar-refractivity contribution in [3.63, 3.8) is 0 Å². The highest BCUT2D eigenvalue weighted by molar-refractivity contribution is 5.75. The second-order valence-corrected chi connectivity index (χ2v) is 9.05. The molecule has 0 radical (unpaired) electrons. The zero-order valence-corrected chi connectivity index (χ0v) is 21.5. The Labute approximate surface area is 225 Å². The number of β-amino-alcohol motifs (C(OH)–C–C–N with tert-alkyl or cyclic N) is 1. The number of aryl methyl sites for hydroxylation is 2. The van der Waals surface area contributed by atoms with Gasteiger partial charge in [0.2, 0.25) is 0 Å². The molecule has 4 aromatic rings. The molecule has 1 fully saturated rings. The third-order valence-electron chi connectivity index (χ3n) is 5.88. The molecule has 3 aromatic heterocycles. The predicted octanol–water partition coefficient (Wildman–Crippen LogP) is 3.73. The van der Waals surface area contributed by atoms with Crippen LogP contribution in [0.5, 0.6) is 5.75 Å². The Morgan fingerprint density at radius 3 is 2.45 bits per heavy atom. The maximum atomic E-state index is 14.0. The zero-order chi connectivity index (χ0) is 29.0. The third-order valence-corrected chi connectivity index (χ3v) is 5.88. The van der Waals surface area contributed by atoms with Gasteiger partial charge in [-0.1, -0.05) is 6.07 Å². The number of hydrogen-bond donors (Lipinski definition) is 2. The Kier molecular flexibility index (Phi) is 8.69. The molecular formula is C26H26F5N5O4. The molecule has 0 bridgehead atoms. The number of alkyl halides is 3. The minimum absolute atomic E-state index is 0.0463. The lowest BCUT2D eigenvalue weighted by Crippen LogP contribution is -2.46. The molecule has 0 spiro atoms. The van der Waals surface area contributed by atoms with Crippen LogP contribution in [-0.2, 0) is 22.7 Å². The molecule has 5 rings (SSSR count). The first kappa shape index (κ1) is 29.0. The summed E-state index contributed by atoms with van der Waals surface area (Å²) in [5.41, 5.74) is 2.83. The number of fused-ring (bicyclic) bond motifs is 1. The number of halogens is 5. The van der Waals surface area contributed by atoms with Crippen LogP contribution in [0.2, 0.25) is 0 Å². The van der Waals surface area contributed by atoms with Crippen molar-refractivity contribution in [1.29, 1.82) is 0 Å². The van der Waals surface area contributed by atoms with Crippen LogP contribution in [0.3, 0.4) is 0 Å². The second-order valence-electron chi connectivity index (χ2n) is 9.05. The van der Waals surface area contributed by atoms with E-state index in [0.717, 1.165) is 30.8 Å². The van der Waals surface area contributed by atoms with Crippen molar-refractivity contribution in [1.82, 2.24) is 24.5 Å². The van der Waals surface area contributed by atoms with E-state index in [-0.39, 0.29) is 24.8 Å². The fourth-order valence-corrected chi connectivity index (χ4v) is 3.83. The molecule has 2 N–H and O–H groups in total. The molecule has 214 valence electrons. The Hall–Kier alpha value is -4.04. The molecule has 40 heavy (non-hydrogen) atoms. The Bertz CT molecular complexity index is 1480. The summed E-state index contributed by atoms with van der Waals surface area (Å²) >= 11 is 0. The van der Waals surface area contributed by atoms with Gasteiger partial charge in [-0.15, -0.1) is 0 Å². The number of hydrogen-bond acceptors (Lipinski definition) is 7. The SMILES string of the molecule is Cc1cc(OCc2c(F)cccc2F)c2nc(C)c(-c3cnn(CCOC(=O)C(F)(F)F)c3)n2c1.OC1CNC1. The van der Waals surface area contributed by atoms with Crippen LogP contribution in [0, 0.1) is 25.5 Å². The number of benzene rings is 1. The lowest BCUT2D eigenvalue weighted by molar-refractivity contribution is -0.199. The van der Waals surface area contributed by atoms with E-state index in [2.05, 4.69) is 20.1 Å². The molecule has 0 atom stereocenters. The largest absolute Gasteiger partial charge is 0.490 e. The average Bonchev–Trinajstić information content (AvgIpc) is 3.45. The van der Waals surface area contributed by atoms with Gasteiger partial charge in [0.25, 0.3) is 0 Å². The maximum Gasteiger partial charge on any atom is 0.490 e. The Balaban J connectivity index is 0.000000666. The van der Waals surface area contributed by atoms with E-state index in [1.165, 1.54) is 16.9 Å². The van der Waals surface area contributed by atoms with Gasteiger partial charge in [0, 0.05) is 31.0 Å². The van der Waals surface area contributed by atoms with Crippen LogP contribution in [-0.4, -0.2) is 62.2 Å². The highest BCUT2D eigenvalue weighted by atomic mass is 19.4. The lowest BCUT2D eigenvalue weighted by atomic mass is 10.2. The number of aliphatic hydroxyl groups is 1. The first-order valence-electron chi connectivity index (χ1n) is 12.1. The standard InChI is InChI=1S/C23H19F5N4O3.C3H7NO/c1-13-8-19(35-12-16-17(24)4-3-5-18(16)25)21-30-14(2)20(32(21)10-13)15-9-29-31(11-15)6-7-34-22(33)23(26,27)28;5-3-1-4-2-3/h3-5,8-11H,6-7,12H2,1-2H3;3-5H,1-2H2. The van der Waals surface area contributed by atoms with Gasteiger partial charge in [-0.05, 0) is 37.6 Å². The van der Waals surface area contributed by atoms with Crippen LogP contribution < -0.4 is 10.1 Å². The molecule has 0 saturated carbocycles. The van der Waals surface area contributed by atoms with Crippen LogP contribution in [0.15, 0.2) is 42.9 Å². The first-order chi connectivity index (χ1) is 18.9. The topological polar surface area (TPSA) is 103 Å². The lowest BCUT2D eigenvalue weighted by Gasteiger charge is -2.20. The smallest absolute Gasteiger partial charge is 0.485 e. The van der Waals surface area contributed by atoms with Gasteiger partial charge in [-0.3, -0.25) is 9.08 Å². The van der Waals surface area contributed by atoms with Crippen molar-refractivity contribution in [2.45, 2.75) is 39.3 Å². The minimum Gasteiger partial charge on any atom is -0.485 e. The Morgan fingerprint density at radius 1 is 1.18 bits per heavy atom. The van der Waals surface area contributed by atoms with Crippen molar-refractivity contribution in [2.75, 3.05) is 19.7 Å². The van der Waals surface area contributed by atoms with Crippen LogP contribution in [0.4, 0.5) is 22.0 Å². The van der Waals surface area contributed by atoms with E-state index in [4.69, 9.17) is 9.84 Å². The summed E-state index contributed by atoms with van der Waals surface area (Å²) in [6, 6.07) is 5.26. The molecule has 1 aliphatic rings. The van der Waals surface area contributed by atoms with E-state index in [0.29, 0.717) is 28.3 Å².